The van der Waals surface area contributed by atoms with Gasteiger partial charge in [-0.25, -0.2) is 29.7 Å². The van der Waals surface area contributed by atoms with E-state index in [1.54, 1.807) is 6.92 Å². The summed E-state index contributed by atoms with van der Waals surface area (Å²) in [6.45, 7) is 1.46. The monoisotopic (exact) mass is 427 g/mol. The van der Waals surface area contributed by atoms with Crippen LogP contribution >= 0.6 is 34.8 Å². The Kier molecular flexibility index (Phi) is 7.25. The lowest BCUT2D eigenvalue weighted by Crippen LogP contribution is -2.56. The third-order valence-corrected chi connectivity index (χ3v) is 4.36. The van der Waals surface area contributed by atoms with E-state index in [9.17, 15) is 14.4 Å². The molecule has 2 aliphatic rings. The van der Waals surface area contributed by atoms with Gasteiger partial charge < -0.3 is 9.47 Å². The van der Waals surface area contributed by atoms with Gasteiger partial charge in [-0.2, -0.15) is 0 Å². The molecule has 0 aromatic carbocycles. The van der Waals surface area contributed by atoms with Crippen molar-refractivity contribution in [3.63, 3.8) is 0 Å². The number of rotatable bonds is 3. The SMILES string of the molecule is CC(C1=CCCCC1)N(NC(=O)N1CCOC1=O)C(=O)OCC(Cl)(Cl)Cl. The lowest BCUT2D eigenvalue weighted by Gasteiger charge is -2.32. The summed E-state index contributed by atoms with van der Waals surface area (Å²) in [6.07, 6.45) is 4.09. The topological polar surface area (TPSA) is 88.2 Å². The Morgan fingerprint density at radius 1 is 1.42 bits per heavy atom. The lowest BCUT2D eigenvalue weighted by molar-refractivity contribution is 0.0730. The molecule has 1 N–H and O–H groups in total. The molecule has 26 heavy (non-hydrogen) atoms. The Labute approximate surface area is 166 Å². The number of halogens is 3. The van der Waals surface area contributed by atoms with E-state index in [0.29, 0.717) is 0 Å². The van der Waals surface area contributed by atoms with Gasteiger partial charge in [-0.3, -0.25) is 0 Å². The molecular formula is C15H20Cl3N3O5. The fourth-order valence-electron chi connectivity index (χ4n) is 2.66. The Balaban J connectivity index is 2.11. The molecule has 0 aromatic heterocycles. The molecule has 1 heterocycles. The first-order valence-corrected chi connectivity index (χ1v) is 9.29. The maximum atomic E-state index is 12.5. The normalized spacial score (nSPS) is 18.7. The second kappa shape index (κ2) is 9.01. The van der Waals surface area contributed by atoms with Crippen LogP contribution in [0.15, 0.2) is 11.6 Å². The number of alkyl halides is 3. The fourth-order valence-corrected chi connectivity index (χ4v) is 2.83. The van der Waals surface area contributed by atoms with Gasteiger partial charge in [0.2, 0.25) is 3.79 Å². The molecule has 8 nitrogen and oxygen atoms in total. The average Bonchev–Trinajstić information content (AvgIpc) is 3.03. The van der Waals surface area contributed by atoms with Crippen LogP contribution in [0.4, 0.5) is 14.4 Å². The van der Waals surface area contributed by atoms with Crippen molar-refractivity contribution in [3.05, 3.63) is 11.6 Å². The van der Waals surface area contributed by atoms with Crippen molar-refractivity contribution >= 4 is 53.0 Å². The second-order valence-electron chi connectivity index (χ2n) is 5.92. The van der Waals surface area contributed by atoms with E-state index in [1.807, 2.05) is 6.08 Å². The van der Waals surface area contributed by atoms with E-state index in [-0.39, 0.29) is 13.2 Å². The van der Waals surface area contributed by atoms with Crippen molar-refractivity contribution in [3.8, 4) is 0 Å². The van der Waals surface area contributed by atoms with Gasteiger partial charge in [0.1, 0.15) is 13.2 Å². The number of hydrogen-bond acceptors (Lipinski definition) is 5. The van der Waals surface area contributed by atoms with Gasteiger partial charge in [-0.15, -0.1) is 0 Å². The Morgan fingerprint density at radius 3 is 2.69 bits per heavy atom. The van der Waals surface area contributed by atoms with E-state index in [0.717, 1.165) is 41.2 Å². The quantitative estimate of drug-likeness (QED) is 0.420. The van der Waals surface area contributed by atoms with Crippen molar-refractivity contribution in [1.29, 1.82) is 0 Å². The number of nitrogens with one attached hydrogen (secondary N) is 1. The van der Waals surface area contributed by atoms with Crippen LogP contribution in [0.3, 0.4) is 0 Å². The first kappa shape index (κ1) is 20.9. The third kappa shape index (κ3) is 5.82. The van der Waals surface area contributed by atoms with Crippen LogP contribution in [-0.2, 0) is 9.47 Å². The number of hydrazine groups is 1. The molecule has 1 unspecified atom stereocenters. The molecule has 2 rings (SSSR count). The summed E-state index contributed by atoms with van der Waals surface area (Å²) in [4.78, 5) is 37.2. The van der Waals surface area contributed by atoms with E-state index < -0.39 is 34.7 Å². The summed E-state index contributed by atoms with van der Waals surface area (Å²) < 4.78 is 7.93. The van der Waals surface area contributed by atoms with Gasteiger partial charge in [0.15, 0.2) is 0 Å². The Bertz CT molecular complexity index is 594. The molecule has 0 radical (unpaired) electrons. The molecule has 0 bridgehead atoms. The largest absolute Gasteiger partial charge is 0.447 e. The summed E-state index contributed by atoms with van der Waals surface area (Å²) in [5.41, 5.74) is 3.38. The van der Waals surface area contributed by atoms with Crippen LogP contribution in [0.25, 0.3) is 0 Å². The molecular weight excluding hydrogens is 409 g/mol. The van der Waals surface area contributed by atoms with Crippen molar-refractivity contribution in [2.24, 2.45) is 0 Å². The van der Waals surface area contributed by atoms with Gasteiger partial charge in [0.05, 0.1) is 12.6 Å². The van der Waals surface area contributed by atoms with E-state index in [1.165, 1.54) is 0 Å². The molecule has 0 saturated carbocycles. The van der Waals surface area contributed by atoms with Crippen molar-refractivity contribution in [1.82, 2.24) is 15.3 Å². The van der Waals surface area contributed by atoms with E-state index in [2.05, 4.69) is 5.43 Å². The summed E-state index contributed by atoms with van der Waals surface area (Å²) in [5, 5.41) is 1.00. The number of hydrogen-bond donors (Lipinski definition) is 1. The number of cyclic esters (lactones) is 1. The number of amides is 4. The van der Waals surface area contributed by atoms with Crippen LogP contribution in [0.2, 0.25) is 0 Å². The van der Waals surface area contributed by atoms with Gasteiger partial charge in [0.25, 0.3) is 0 Å². The number of ether oxygens (including phenoxy) is 2. The average molecular weight is 429 g/mol. The van der Waals surface area contributed by atoms with Gasteiger partial charge >= 0.3 is 18.2 Å². The second-order valence-corrected chi connectivity index (χ2v) is 8.44. The standard InChI is InChI=1S/C15H20Cl3N3O5/c1-10(11-5-3-2-4-6-11)21(14(24)26-9-15(16,17)18)19-12(22)20-7-8-25-13(20)23/h5,10H,2-4,6-9H2,1H3,(H,19,22). The summed E-state index contributed by atoms with van der Waals surface area (Å²) in [6, 6.07) is -1.28. The highest BCUT2D eigenvalue weighted by Gasteiger charge is 2.34. The van der Waals surface area contributed by atoms with Gasteiger partial charge in [-0.1, -0.05) is 40.9 Å². The summed E-state index contributed by atoms with van der Waals surface area (Å²) in [5.74, 6) is 0. The Hall–Kier alpha value is -1.38. The minimum absolute atomic E-state index is 0.0960. The first-order chi connectivity index (χ1) is 12.2. The van der Waals surface area contributed by atoms with Crippen LogP contribution in [0.5, 0.6) is 0 Å². The maximum absolute atomic E-state index is 12.5. The molecule has 11 heteroatoms. The molecule has 1 fully saturated rings. The number of allylic oxidation sites excluding steroid dienone is 1. The highest BCUT2D eigenvalue weighted by molar-refractivity contribution is 6.67. The molecule has 4 amide bonds. The highest BCUT2D eigenvalue weighted by Crippen LogP contribution is 2.27. The van der Waals surface area contributed by atoms with Crippen LogP contribution in [-0.4, -0.2) is 57.7 Å². The highest BCUT2D eigenvalue weighted by atomic mass is 35.6. The van der Waals surface area contributed by atoms with E-state index >= 15 is 0 Å². The molecule has 0 aromatic rings. The smallest absolute Gasteiger partial charge is 0.429 e. The van der Waals surface area contributed by atoms with Crippen LogP contribution in [0.1, 0.15) is 32.6 Å². The number of carbonyl (C=O) groups excluding carboxylic acids is 3. The van der Waals surface area contributed by atoms with E-state index in [4.69, 9.17) is 44.3 Å². The number of carbonyl (C=O) groups is 3. The minimum atomic E-state index is -1.78. The van der Waals surface area contributed by atoms with Gasteiger partial charge in [0, 0.05) is 0 Å². The maximum Gasteiger partial charge on any atom is 0.429 e. The number of nitrogens with zero attached hydrogens (tertiary/aromatic N) is 2. The molecule has 1 saturated heterocycles. The van der Waals surface area contributed by atoms with Crippen LogP contribution in [0, 0.1) is 0 Å². The zero-order valence-electron chi connectivity index (χ0n) is 14.2. The molecule has 1 atom stereocenters. The summed E-state index contributed by atoms with van der Waals surface area (Å²) in [7, 11) is 0. The third-order valence-electron chi connectivity index (χ3n) is 4.03. The molecule has 1 aliphatic heterocycles. The Morgan fingerprint density at radius 2 is 2.15 bits per heavy atom. The lowest BCUT2D eigenvalue weighted by atomic mass is 9.94. The molecule has 1 aliphatic carbocycles. The number of urea groups is 1. The zero-order valence-corrected chi connectivity index (χ0v) is 16.4. The molecule has 146 valence electrons. The fraction of sp³-hybridized carbons (Fsp3) is 0.667. The van der Waals surface area contributed by atoms with Crippen LogP contribution < -0.4 is 5.43 Å². The van der Waals surface area contributed by atoms with Gasteiger partial charge in [-0.05, 0) is 38.2 Å². The predicted molar refractivity (Wildman–Crippen MR) is 96.1 cm³/mol. The predicted octanol–water partition coefficient (Wildman–Crippen LogP) is 3.76. The number of imide groups is 1. The first-order valence-electron chi connectivity index (χ1n) is 8.15. The summed E-state index contributed by atoms with van der Waals surface area (Å²) >= 11 is 16.8. The van der Waals surface area contributed by atoms with Crippen molar-refractivity contribution in [2.45, 2.75) is 42.4 Å². The zero-order chi connectivity index (χ0) is 19.3. The van der Waals surface area contributed by atoms with Crippen molar-refractivity contribution < 1.29 is 23.9 Å². The minimum Gasteiger partial charge on any atom is -0.447 e. The van der Waals surface area contributed by atoms with Crippen molar-refractivity contribution in [2.75, 3.05) is 19.8 Å². The molecule has 0 spiro atoms.